The van der Waals surface area contributed by atoms with Crippen molar-refractivity contribution >= 4 is 11.8 Å². The minimum absolute atomic E-state index is 0.0605. The van der Waals surface area contributed by atoms with Crippen LogP contribution in [0, 0.1) is 5.92 Å². The Morgan fingerprint density at radius 2 is 1.89 bits per heavy atom. The van der Waals surface area contributed by atoms with Crippen LogP contribution in [0.1, 0.15) is 64.2 Å². The number of nitrogens with zero attached hydrogens (tertiary/aromatic N) is 2. The maximum absolute atomic E-state index is 12.8. The highest BCUT2D eigenvalue weighted by Crippen LogP contribution is 2.28. The van der Waals surface area contributed by atoms with Crippen LogP contribution >= 0.6 is 0 Å². The van der Waals surface area contributed by atoms with Gasteiger partial charge in [-0.25, -0.2) is 0 Å². The topological polar surface area (TPSA) is 61.9 Å². The minimum atomic E-state index is -0.269. The Labute approximate surface area is 165 Å². The number of hydrogen-bond donors (Lipinski definition) is 1. The molecule has 2 amide bonds. The SMILES string of the molecule is CNCCOCCN(C)C(=O)C1CCCN1C(=O)CCCC1CCCCC1. The number of hydrogen-bond acceptors (Lipinski definition) is 4. The van der Waals surface area contributed by atoms with Crippen LogP contribution in [0.15, 0.2) is 0 Å². The molecule has 6 nitrogen and oxygen atoms in total. The molecule has 6 heteroatoms. The molecule has 1 atom stereocenters. The lowest BCUT2D eigenvalue weighted by Gasteiger charge is -2.28. The Kier molecular flexibility index (Phi) is 10.1. The molecule has 1 N–H and O–H groups in total. The zero-order valence-corrected chi connectivity index (χ0v) is 17.4. The molecule has 1 heterocycles. The third-order valence-electron chi connectivity index (χ3n) is 6.03. The fraction of sp³-hybridized carbons (Fsp3) is 0.905. The molecule has 1 aliphatic carbocycles. The first-order valence-electron chi connectivity index (χ1n) is 10.9. The molecule has 27 heavy (non-hydrogen) atoms. The molecule has 0 aromatic rings. The monoisotopic (exact) mass is 381 g/mol. The van der Waals surface area contributed by atoms with Gasteiger partial charge in [-0.15, -0.1) is 0 Å². The number of likely N-dealkylation sites (N-methyl/N-ethyl adjacent to an activating group) is 2. The fourth-order valence-corrected chi connectivity index (χ4v) is 4.33. The molecule has 0 bridgehead atoms. The van der Waals surface area contributed by atoms with Crippen molar-refractivity contribution in [3.05, 3.63) is 0 Å². The van der Waals surface area contributed by atoms with Gasteiger partial charge in [0.2, 0.25) is 11.8 Å². The summed E-state index contributed by atoms with van der Waals surface area (Å²) in [6.07, 6.45) is 11.2. The van der Waals surface area contributed by atoms with E-state index in [1.54, 1.807) is 4.90 Å². The van der Waals surface area contributed by atoms with E-state index >= 15 is 0 Å². The number of rotatable bonds is 11. The first kappa shape index (κ1) is 22.2. The molecule has 1 saturated heterocycles. The van der Waals surface area contributed by atoms with E-state index in [4.69, 9.17) is 4.74 Å². The largest absolute Gasteiger partial charge is 0.378 e. The van der Waals surface area contributed by atoms with Gasteiger partial charge in [0.15, 0.2) is 0 Å². The molecule has 156 valence electrons. The van der Waals surface area contributed by atoms with Crippen molar-refractivity contribution < 1.29 is 14.3 Å². The predicted molar refractivity (Wildman–Crippen MR) is 108 cm³/mol. The highest BCUT2D eigenvalue weighted by Gasteiger charge is 2.35. The Hall–Kier alpha value is -1.14. The number of likely N-dealkylation sites (tertiary alicyclic amines) is 1. The average molecular weight is 382 g/mol. The number of ether oxygens (including phenoxy) is 1. The van der Waals surface area contributed by atoms with Crippen LogP contribution in [0.4, 0.5) is 0 Å². The molecule has 0 spiro atoms. The highest BCUT2D eigenvalue weighted by molar-refractivity contribution is 5.88. The standard InChI is InChI=1S/C21H39N3O3/c1-22-13-16-27-17-15-23(2)21(26)19-11-7-14-24(19)20(25)12-6-10-18-8-4-3-5-9-18/h18-19,22H,3-17H2,1-2H3. The summed E-state index contributed by atoms with van der Waals surface area (Å²) in [4.78, 5) is 29.0. The summed E-state index contributed by atoms with van der Waals surface area (Å²) in [5, 5.41) is 3.03. The maximum atomic E-state index is 12.8. The molecule has 1 saturated carbocycles. The second-order valence-corrected chi connectivity index (χ2v) is 8.12. The molecule has 2 aliphatic rings. The molecular weight excluding hydrogens is 342 g/mol. The second-order valence-electron chi connectivity index (χ2n) is 8.12. The molecule has 1 unspecified atom stereocenters. The summed E-state index contributed by atoms with van der Waals surface area (Å²) < 4.78 is 5.51. The Morgan fingerprint density at radius 3 is 2.63 bits per heavy atom. The number of amides is 2. The predicted octanol–water partition coefficient (Wildman–Crippen LogP) is 2.42. The van der Waals surface area contributed by atoms with Crippen LogP contribution < -0.4 is 5.32 Å². The Bertz CT molecular complexity index is 452. The normalized spacial score (nSPS) is 20.8. The maximum Gasteiger partial charge on any atom is 0.245 e. The van der Waals surface area contributed by atoms with Gasteiger partial charge in [-0.2, -0.15) is 0 Å². The van der Waals surface area contributed by atoms with E-state index in [0.717, 1.165) is 38.3 Å². The lowest BCUT2D eigenvalue weighted by molar-refractivity contribution is -0.143. The first-order valence-corrected chi connectivity index (χ1v) is 10.9. The first-order chi connectivity index (χ1) is 13.1. The molecular formula is C21H39N3O3. The number of carbonyl (C=O) groups is 2. The molecule has 2 rings (SSSR count). The van der Waals surface area contributed by atoms with Gasteiger partial charge in [-0.3, -0.25) is 9.59 Å². The summed E-state index contributed by atoms with van der Waals surface area (Å²) in [6.45, 7) is 3.29. The molecule has 0 aromatic heterocycles. The van der Waals surface area contributed by atoms with Crippen molar-refractivity contribution in [2.75, 3.05) is 46.9 Å². The summed E-state index contributed by atoms with van der Waals surface area (Å²) >= 11 is 0. The van der Waals surface area contributed by atoms with Gasteiger partial charge in [0.05, 0.1) is 13.2 Å². The molecule has 0 aromatic carbocycles. The number of carbonyl (C=O) groups excluding carboxylic acids is 2. The van der Waals surface area contributed by atoms with Gasteiger partial charge >= 0.3 is 0 Å². The third kappa shape index (κ3) is 7.41. The van der Waals surface area contributed by atoms with E-state index < -0.39 is 0 Å². The van der Waals surface area contributed by atoms with E-state index in [-0.39, 0.29) is 17.9 Å². The van der Waals surface area contributed by atoms with Crippen molar-refractivity contribution in [1.82, 2.24) is 15.1 Å². The van der Waals surface area contributed by atoms with Crippen LogP contribution in [0.25, 0.3) is 0 Å². The summed E-state index contributed by atoms with van der Waals surface area (Å²) in [5.41, 5.74) is 0. The average Bonchev–Trinajstić information content (AvgIpc) is 3.17. The van der Waals surface area contributed by atoms with E-state index in [9.17, 15) is 9.59 Å². The lowest BCUT2D eigenvalue weighted by Crippen LogP contribution is -2.47. The van der Waals surface area contributed by atoms with Crippen LogP contribution in [-0.4, -0.2) is 74.6 Å². The van der Waals surface area contributed by atoms with Gasteiger partial charge in [0.25, 0.3) is 0 Å². The number of nitrogens with one attached hydrogen (secondary N) is 1. The van der Waals surface area contributed by atoms with Crippen LogP contribution in [0.5, 0.6) is 0 Å². The zero-order valence-electron chi connectivity index (χ0n) is 17.4. The quantitative estimate of drug-likeness (QED) is 0.559. The van der Waals surface area contributed by atoms with Crippen molar-refractivity contribution in [1.29, 1.82) is 0 Å². The van der Waals surface area contributed by atoms with Gasteiger partial charge in [-0.1, -0.05) is 32.1 Å². The minimum Gasteiger partial charge on any atom is -0.378 e. The van der Waals surface area contributed by atoms with Gasteiger partial charge in [-0.05, 0) is 38.6 Å². The zero-order chi connectivity index (χ0) is 19.5. The van der Waals surface area contributed by atoms with Gasteiger partial charge in [0, 0.05) is 33.1 Å². The van der Waals surface area contributed by atoms with Crippen molar-refractivity contribution in [2.24, 2.45) is 5.92 Å². The van der Waals surface area contributed by atoms with Crippen LogP contribution in [0.2, 0.25) is 0 Å². The fourth-order valence-electron chi connectivity index (χ4n) is 4.33. The van der Waals surface area contributed by atoms with Crippen molar-refractivity contribution in [2.45, 2.75) is 70.3 Å². The molecule has 1 aliphatic heterocycles. The van der Waals surface area contributed by atoms with E-state index in [1.165, 1.54) is 38.5 Å². The highest BCUT2D eigenvalue weighted by atomic mass is 16.5. The summed E-state index contributed by atoms with van der Waals surface area (Å²) in [7, 11) is 3.70. The van der Waals surface area contributed by atoms with Crippen molar-refractivity contribution in [3.8, 4) is 0 Å². The van der Waals surface area contributed by atoms with Crippen LogP contribution in [-0.2, 0) is 14.3 Å². The molecule has 2 fully saturated rings. The summed E-state index contributed by atoms with van der Waals surface area (Å²) in [6, 6.07) is -0.269. The van der Waals surface area contributed by atoms with Gasteiger partial charge in [0.1, 0.15) is 6.04 Å². The lowest BCUT2D eigenvalue weighted by atomic mass is 9.86. The summed E-state index contributed by atoms with van der Waals surface area (Å²) in [5.74, 6) is 1.04. The smallest absolute Gasteiger partial charge is 0.245 e. The Morgan fingerprint density at radius 1 is 1.11 bits per heavy atom. The molecule has 0 radical (unpaired) electrons. The van der Waals surface area contributed by atoms with E-state index in [2.05, 4.69) is 5.32 Å². The second kappa shape index (κ2) is 12.3. The van der Waals surface area contributed by atoms with Crippen LogP contribution in [0.3, 0.4) is 0 Å². The van der Waals surface area contributed by atoms with Gasteiger partial charge < -0.3 is 19.9 Å². The van der Waals surface area contributed by atoms with E-state index in [1.807, 2.05) is 19.0 Å². The van der Waals surface area contributed by atoms with Crippen molar-refractivity contribution in [3.63, 3.8) is 0 Å². The third-order valence-corrected chi connectivity index (χ3v) is 6.03. The van der Waals surface area contributed by atoms with E-state index in [0.29, 0.717) is 26.2 Å². The Balaban J connectivity index is 1.70.